The molecule has 5 heteroatoms. The Labute approximate surface area is 141 Å². The van der Waals surface area contributed by atoms with Crippen molar-refractivity contribution in [3.05, 3.63) is 70.8 Å². The first-order valence-electron chi connectivity index (χ1n) is 8.41. The summed E-state index contributed by atoms with van der Waals surface area (Å²) >= 11 is 0. The van der Waals surface area contributed by atoms with E-state index in [1.165, 1.54) is 16.7 Å². The molecule has 24 heavy (non-hydrogen) atoms. The van der Waals surface area contributed by atoms with E-state index in [0.29, 0.717) is 18.9 Å². The Morgan fingerprint density at radius 2 is 2.12 bits per heavy atom. The Morgan fingerprint density at radius 3 is 3.04 bits per heavy atom. The third-order valence-electron chi connectivity index (χ3n) is 4.59. The van der Waals surface area contributed by atoms with Crippen molar-refractivity contribution in [1.29, 1.82) is 0 Å². The van der Waals surface area contributed by atoms with E-state index in [1.54, 1.807) is 6.26 Å². The highest BCUT2D eigenvalue weighted by Crippen LogP contribution is 2.21. The molecule has 0 amide bonds. The highest BCUT2D eigenvalue weighted by Gasteiger charge is 2.19. The molecule has 3 heterocycles. The molecule has 4 rings (SSSR count). The summed E-state index contributed by atoms with van der Waals surface area (Å²) in [6, 6.07) is 10.4. The maximum atomic E-state index is 5.54. The van der Waals surface area contributed by atoms with Crippen LogP contribution in [0, 0.1) is 6.92 Å². The van der Waals surface area contributed by atoms with E-state index in [9.17, 15) is 0 Å². The quantitative estimate of drug-likeness (QED) is 0.735. The standard InChI is InChI=1S/C19H21N3O2/c1-14-5-2-3-6-15(14)11-18-20-19(24-21-18)13-22-9-4-7-17-16(12-22)8-10-23-17/h2-3,5-6,8,10H,4,7,9,11-13H2,1H3. The molecule has 0 bridgehead atoms. The smallest absolute Gasteiger partial charge is 0.240 e. The van der Waals surface area contributed by atoms with Crippen LogP contribution >= 0.6 is 0 Å². The maximum absolute atomic E-state index is 5.54. The minimum absolute atomic E-state index is 0.686. The summed E-state index contributed by atoms with van der Waals surface area (Å²) in [6.07, 6.45) is 4.58. The minimum atomic E-state index is 0.686. The molecule has 124 valence electrons. The third-order valence-corrected chi connectivity index (χ3v) is 4.59. The Morgan fingerprint density at radius 1 is 1.21 bits per heavy atom. The predicted molar refractivity (Wildman–Crippen MR) is 89.4 cm³/mol. The molecule has 0 aliphatic carbocycles. The normalized spacial score (nSPS) is 15.2. The molecule has 1 aliphatic rings. The van der Waals surface area contributed by atoms with Crippen LogP contribution in [0.5, 0.6) is 0 Å². The Kier molecular flexibility index (Phi) is 4.17. The van der Waals surface area contributed by atoms with Gasteiger partial charge in [-0.1, -0.05) is 29.4 Å². The number of benzene rings is 1. The average molecular weight is 323 g/mol. The van der Waals surface area contributed by atoms with Crippen molar-refractivity contribution in [2.75, 3.05) is 6.54 Å². The number of aromatic nitrogens is 2. The first kappa shape index (κ1) is 15.1. The second-order valence-electron chi connectivity index (χ2n) is 6.39. The molecular weight excluding hydrogens is 302 g/mol. The predicted octanol–water partition coefficient (Wildman–Crippen LogP) is 3.51. The van der Waals surface area contributed by atoms with Gasteiger partial charge in [0.05, 0.1) is 12.8 Å². The van der Waals surface area contributed by atoms with Crippen LogP contribution in [0.25, 0.3) is 0 Å². The van der Waals surface area contributed by atoms with Crippen LogP contribution in [0.4, 0.5) is 0 Å². The summed E-state index contributed by atoms with van der Waals surface area (Å²) in [5, 5.41) is 4.14. The summed E-state index contributed by atoms with van der Waals surface area (Å²) < 4.78 is 11.0. The molecule has 1 aliphatic heterocycles. The fourth-order valence-corrected chi connectivity index (χ4v) is 3.24. The van der Waals surface area contributed by atoms with Crippen LogP contribution in [0.15, 0.2) is 45.5 Å². The van der Waals surface area contributed by atoms with Crippen molar-refractivity contribution in [3.63, 3.8) is 0 Å². The van der Waals surface area contributed by atoms with Gasteiger partial charge in [-0.3, -0.25) is 4.90 Å². The monoisotopic (exact) mass is 323 g/mol. The van der Waals surface area contributed by atoms with E-state index in [1.807, 2.05) is 12.1 Å². The highest BCUT2D eigenvalue weighted by molar-refractivity contribution is 5.28. The van der Waals surface area contributed by atoms with Gasteiger partial charge in [-0.05, 0) is 37.1 Å². The van der Waals surface area contributed by atoms with E-state index in [0.717, 1.165) is 37.5 Å². The number of nitrogens with zero attached hydrogens (tertiary/aromatic N) is 3. The number of furan rings is 1. The number of hydrogen-bond acceptors (Lipinski definition) is 5. The first-order valence-corrected chi connectivity index (χ1v) is 8.41. The highest BCUT2D eigenvalue weighted by atomic mass is 16.5. The maximum Gasteiger partial charge on any atom is 0.240 e. The topological polar surface area (TPSA) is 55.3 Å². The van der Waals surface area contributed by atoms with Crippen molar-refractivity contribution in [2.45, 2.75) is 39.3 Å². The van der Waals surface area contributed by atoms with Crippen molar-refractivity contribution in [2.24, 2.45) is 0 Å². The van der Waals surface area contributed by atoms with Gasteiger partial charge in [0.2, 0.25) is 5.89 Å². The molecule has 3 aromatic rings. The van der Waals surface area contributed by atoms with E-state index < -0.39 is 0 Å². The summed E-state index contributed by atoms with van der Waals surface area (Å²) in [5.41, 5.74) is 3.76. The van der Waals surface area contributed by atoms with Crippen LogP contribution < -0.4 is 0 Å². The van der Waals surface area contributed by atoms with Gasteiger partial charge in [-0.2, -0.15) is 4.98 Å². The number of fused-ring (bicyclic) bond motifs is 1. The lowest BCUT2D eigenvalue weighted by Crippen LogP contribution is -2.22. The molecule has 0 N–H and O–H groups in total. The van der Waals surface area contributed by atoms with Gasteiger partial charge < -0.3 is 8.94 Å². The molecule has 0 spiro atoms. The fourth-order valence-electron chi connectivity index (χ4n) is 3.24. The molecule has 0 fully saturated rings. The van der Waals surface area contributed by atoms with Crippen molar-refractivity contribution >= 4 is 0 Å². The van der Waals surface area contributed by atoms with E-state index in [4.69, 9.17) is 8.94 Å². The zero-order chi connectivity index (χ0) is 16.4. The van der Waals surface area contributed by atoms with Crippen LogP contribution in [-0.2, 0) is 25.9 Å². The largest absolute Gasteiger partial charge is 0.469 e. The second-order valence-corrected chi connectivity index (χ2v) is 6.39. The number of hydrogen-bond donors (Lipinski definition) is 0. The molecule has 0 radical (unpaired) electrons. The SMILES string of the molecule is Cc1ccccc1Cc1noc(CN2CCCc3occc3C2)n1. The number of rotatable bonds is 4. The number of aryl methyl sites for hydroxylation is 2. The first-order chi connectivity index (χ1) is 11.8. The van der Waals surface area contributed by atoms with Gasteiger partial charge in [-0.15, -0.1) is 0 Å². The van der Waals surface area contributed by atoms with Crippen LogP contribution in [0.3, 0.4) is 0 Å². The van der Waals surface area contributed by atoms with E-state index in [2.05, 4.69) is 40.2 Å². The van der Waals surface area contributed by atoms with Crippen molar-refractivity contribution in [3.8, 4) is 0 Å². The zero-order valence-electron chi connectivity index (χ0n) is 13.9. The molecule has 0 saturated carbocycles. The lowest BCUT2D eigenvalue weighted by molar-refractivity contribution is 0.221. The molecular formula is C19H21N3O2. The summed E-state index contributed by atoms with van der Waals surface area (Å²) in [6.45, 7) is 4.68. The van der Waals surface area contributed by atoms with Crippen LogP contribution in [0.1, 0.15) is 40.6 Å². The second kappa shape index (κ2) is 6.61. The minimum Gasteiger partial charge on any atom is -0.469 e. The van der Waals surface area contributed by atoms with Crippen LogP contribution in [0.2, 0.25) is 0 Å². The van der Waals surface area contributed by atoms with Gasteiger partial charge in [0, 0.05) is 24.9 Å². The molecule has 0 saturated heterocycles. The van der Waals surface area contributed by atoms with Gasteiger partial charge in [0.1, 0.15) is 5.76 Å². The average Bonchev–Trinajstić information content (AvgIpc) is 3.15. The fraction of sp³-hybridized carbons (Fsp3) is 0.368. The lowest BCUT2D eigenvalue weighted by Gasteiger charge is -2.16. The molecule has 0 atom stereocenters. The molecule has 0 unspecified atom stereocenters. The molecule has 2 aromatic heterocycles. The zero-order valence-corrected chi connectivity index (χ0v) is 13.9. The molecule has 5 nitrogen and oxygen atoms in total. The van der Waals surface area contributed by atoms with Gasteiger partial charge >= 0.3 is 0 Å². The van der Waals surface area contributed by atoms with Gasteiger partial charge in [0.15, 0.2) is 5.82 Å². The Hall–Kier alpha value is -2.40. The summed E-state index contributed by atoms with van der Waals surface area (Å²) in [7, 11) is 0. The summed E-state index contributed by atoms with van der Waals surface area (Å²) in [5.74, 6) is 2.55. The van der Waals surface area contributed by atoms with Crippen LogP contribution in [-0.4, -0.2) is 21.6 Å². The Balaban J connectivity index is 1.43. The van der Waals surface area contributed by atoms with Gasteiger partial charge in [0.25, 0.3) is 0 Å². The third kappa shape index (κ3) is 3.26. The Bertz CT molecular complexity index is 821. The summed E-state index contributed by atoms with van der Waals surface area (Å²) in [4.78, 5) is 6.91. The van der Waals surface area contributed by atoms with E-state index in [-0.39, 0.29) is 0 Å². The molecule has 1 aromatic carbocycles. The van der Waals surface area contributed by atoms with Crippen molar-refractivity contribution in [1.82, 2.24) is 15.0 Å². The lowest BCUT2D eigenvalue weighted by atomic mass is 10.1. The van der Waals surface area contributed by atoms with Gasteiger partial charge in [-0.25, -0.2) is 0 Å². The van der Waals surface area contributed by atoms with Crippen molar-refractivity contribution < 1.29 is 8.94 Å². The van der Waals surface area contributed by atoms with E-state index >= 15 is 0 Å².